The number of carbonyl (C=O) groups excluding carboxylic acids is 1. The molecule has 1 aromatic carbocycles. The normalized spacial score (nSPS) is 19.5. The highest BCUT2D eigenvalue weighted by molar-refractivity contribution is 5.85. The van der Waals surface area contributed by atoms with Gasteiger partial charge in [0.25, 0.3) is 0 Å². The van der Waals surface area contributed by atoms with Crippen molar-refractivity contribution in [1.29, 1.82) is 0 Å². The Kier molecular flexibility index (Phi) is 4.81. The van der Waals surface area contributed by atoms with Crippen LogP contribution < -0.4 is 5.73 Å². The fraction of sp³-hybridized carbons (Fsp3) is 0.417. The molecule has 0 saturated carbocycles. The second-order valence-electron chi connectivity index (χ2n) is 4.39. The predicted molar refractivity (Wildman–Crippen MR) is 66.7 cm³/mol. The van der Waals surface area contributed by atoms with Gasteiger partial charge in [-0.25, -0.2) is 0 Å². The first-order chi connectivity index (χ1) is 8.38. The number of hydrogen-bond donors (Lipinski definition) is 1. The van der Waals surface area contributed by atoms with Crippen LogP contribution >= 0.6 is 12.4 Å². The van der Waals surface area contributed by atoms with Crippen molar-refractivity contribution in [2.24, 2.45) is 5.73 Å². The summed E-state index contributed by atoms with van der Waals surface area (Å²) in [5, 5.41) is 0. The summed E-state index contributed by atoms with van der Waals surface area (Å²) >= 11 is 0. The molecule has 7 heteroatoms. The van der Waals surface area contributed by atoms with Gasteiger partial charge in [0.2, 0.25) is 5.91 Å². The summed E-state index contributed by atoms with van der Waals surface area (Å²) in [6, 6.07) is 5.00. The van der Waals surface area contributed by atoms with E-state index >= 15 is 0 Å². The van der Waals surface area contributed by atoms with E-state index in [1.54, 1.807) is 0 Å². The summed E-state index contributed by atoms with van der Waals surface area (Å²) in [5.41, 5.74) is 5.02. The molecule has 2 N–H and O–H groups in total. The van der Waals surface area contributed by atoms with E-state index in [0.29, 0.717) is 6.54 Å². The third-order valence-corrected chi connectivity index (χ3v) is 2.93. The number of amides is 1. The van der Waals surface area contributed by atoms with Crippen LogP contribution in [-0.2, 0) is 17.5 Å². The van der Waals surface area contributed by atoms with Crippen LogP contribution in [0.15, 0.2) is 24.3 Å². The fourth-order valence-corrected chi connectivity index (χ4v) is 2.10. The number of nitrogens with zero attached hydrogens (tertiary/aromatic N) is 1. The Hall–Kier alpha value is -1.27. The summed E-state index contributed by atoms with van der Waals surface area (Å²) in [7, 11) is 0. The Bertz CT molecular complexity index is 465. The summed E-state index contributed by atoms with van der Waals surface area (Å²) < 4.78 is 38.3. The van der Waals surface area contributed by atoms with Gasteiger partial charge in [-0.2, -0.15) is 13.2 Å². The smallest absolute Gasteiger partial charge is 0.337 e. The average Bonchev–Trinajstić information content (AvgIpc) is 2.57. The Morgan fingerprint density at radius 1 is 1.32 bits per heavy atom. The van der Waals surface area contributed by atoms with Crippen molar-refractivity contribution in [2.75, 3.05) is 6.54 Å². The van der Waals surface area contributed by atoms with Gasteiger partial charge in [0.05, 0.1) is 5.56 Å². The first-order valence-corrected chi connectivity index (χ1v) is 5.56. The number of hydrogen-bond acceptors (Lipinski definition) is 2. The predicted octanol–water partition coefficient (Wildman–Crippen LogP) is 2.19. The Morgan fingerprint density at radius 2 is 1.95 bits per heavy atom. The number of alkyl halides is 3. The van der Waals surface area contributed by atoms with Crippen molar-refractivity contribution in [3.8, 4) is 0 Å². The number of benzene rings is 1. The van der Waals surface area contributed by atoms with Gasteiger partial charge in [-0.3, -0.25) is 4.79 Å². The lowest BCUT2D eigenvalue weighted by atomic mass is 10.1. The van der Waals surface area contributed by atoms with E-state index in [2.05, 4.69) is 0 Å². The number of nitrogens with two attached hydrogens (primary N) is 1. The van der Waals surface area contributed by atoms with Crippen molar-refractivity contribution in [2.45, 2.75) is 25.2 Å². The summed E-state index contributed by atoms with van der Waals surface area (Å²) in [6.45, 7) is 0.271. The van der Waals surface area contributed by atoms with Gasteiger partial charge in [-0.05, 0) is 11.6 Å². The minimum atomic E-state index is -4.40. The number of carbonyl (C=O) groups is 1. The van der Waals surface area contributed by atoms with Crippen LogP contribution in [0.1, 0.15) is 17.5 Å². The summed E-state index contributed by atoms with van der Waals surface area (Å²) in [4.78, 5) is 12.9. The van der Waals surface area contributed by atoms with Crippen molar-refractivity contribution < 1.29 is 18.0 Å². The summed E-state index contributed by atoms with van der Waals surface area (Å²) in [6.07, 6.45) is -4.20. The lowest BCUT2D eigenvalue weighted by Gasteiger charge is -2.19. The highest BCUT2D eigenvalue weighted by Gasteiger charge is 2.34. The minimum absolute atomic E-state index is 0. The van der Waals surface area contributed by atoms with E-state index < -0.39 is 11.7 Å². The largest absolute Gasteiger partial charge is 0.416 e. The summed E-state index contributed by atoms with van der Waals surface area (Å²) in [5.74, 6) is -0.195. The van der Waals surface area contributed by atoms with Gasteiger partial charge < -0.3 is 10.6 Å². The molecule has 3 nitrogen and oxygen atoms in total. The molecule has 1 aromatic rings. The Morgan fingerprint density at radius 3 is 2.47 bits per heavy atom. The highest BCUT2D eigenvalue weighted by Crippen LogP contribution is 2.32. The maximum atomic E-state index is 12.8. The molecule has 1 aliphatic heterocycles. The van der Waals surface area contributed by atoms with Crippen LogP contribution in [0.4, 0.5) is 13.2 Å². The molecular weight excluding hydrogens is 281 g/mol. The van der Waals surface area contributed by atoms with E-state index in [1.165, 1.54) is 23.1 Å². The number of rotatable bonds is 2. The van der Waals surface area contributed by atoms with Crippen molar-refractivity contribution in [1.82, 2.24) is 4.90 Å². The van der Waals surface area contributed by atoms with E-state index in [1.807, 2.05) is 0 Å². The fourth-order valence-electron chi connectivity index (χ4n) is 2.10. The first kappa shape index (κ1) is 15.8. The molecule has 1 aliphatic rings. The average molecular weight is 295 g/mol. The molecule has 0 radical (unpaired) electrons. The molecule has 0 aromatic heterocycles. The second-order valence-corrected chi connectivity index (χ2v) is 4.39. The van der Waals surface area contributed by atoms with Crippen LogP contribution in [0.5, 0.6) is 0 Å². The standard InChI is InChI=1S/C12H13F3N2O.ClH/c13-12(14,15)10-4-2-1-3-8(10)6-17-7-9(16)5-11(17)18;/h1-4,9H,5-7,16H2;1H. The van der Waals surface area contributed by atoms with Gasteiger partial charge in [0.15, 0.2) is 0 Å². The third kappa shape index (κ3) is 3.61. The molecule has 1 unspecified atom stereocenters. The van der Waals surface area contributed by atoms with Crippen LogP contribution in [0.2, 0.25) is 0 Å². The van der Waals surface area contributed by atoms with E-state index in [9.17, 15) is 18.0 Å². The topological polar surface area (TPSA) is 46.3 Å². The van der Waals surface area contributed by atoms with E-state index in [4.69, 9.17) is 5.73 Å². The highest BCUT2D eigenvalue weighted by atomic mass is 35.5. The second kappa shape index (κ2) is 5.79. The van der Waals surface area contributed by atoms with Gasteiger partial charge in [-0.15, -0.1) is 12.4 Å². The SMILES string of the molecule is Cl.NC1CC(=O)N(Cc2ccccc2C(F)(F)F)C1. The molecule has 1 saturated heterocycles. The molecule has 1 amide bonds. The van der Waals surface area contributed by atoms with Crippen molar-refractivity contribution in [3.05, 3.63) is 35.4 Å². The maximum Gasteiger partial charge on any atom is 0.416 e. The van der Waals surface area contributed by atoms with Gasteiger partial charge in [0, 0.05) is 25.6 Å². The van der Waals surface area contributed by atoms with Crippen LogP contribution in [0.3, 0.4) is 0 Å². The van der Waals surface area contributed by atoms with Gasteiger partial charge in [0.1, 0.15) is 0 Å². The Labute approximate surface area is 115 Å². The molecule has 0 spiro atoms. The number of likely N-dealkylation sites (tertiary alicyclic amines) is 1. The molecule has 106 valence electrons. The zero-order chi connectivity index (χ0) is 13.3. The number of halogens is 4. The van der Waals surface area contributed by atoms with Crippen molar-refractivity contribution >= 4 is 18.3 Å². The lowest BCUT2D eigenvalue weighted by molar-refractivity contribution is -0.139. The molecule has 19 heavy (non-hydrogen) atoms. The third-order valence-electron chi connectivity index (χ3n) is 2.93. The Balaban J connectivity index is 0.00000180. The van der Waals surface area contributed by atoms with E-state index in [0.717, 1.165) is 6.07 Å². The van der Waals surface area contributed by atoms with E-state index in [-0.39, 0.29) is 42.9 Å². The van der Waals surface area contributed by atoms with Crippen LogP contribution in [-0.4, -0.2) is 23.4 Å². The molecule has 1 fully saturated rings. The minimum Gasteiger partial charge on any atom is -0.337 e. The molecule has 0 aliphatic carbocycles. The molecular formula is C12H14ClF3N2O. The maximum absolute atomic E-state index is 12.8. The zero-order valence-corrected chi connectivity index (χ0v) is 10.8. The molecule has 0 bridgehead atoms. The van der Waals surface area contributed by atoms with Crippen molar-refractivity contribution in [3.63, 3.8) is 0 Å². The zero-order valence-electron chi connectivity index (χ0n) is 9.98. The van der Waals surface area contributed by atoms with Gasteiger partial charge in [-0.1, -0.05) is 18.2 Å². The van der Waals surface area contributed by atoms with Gasteiger partial charge >= 0.3 is 6.18 Å². The quantitative estimate of drug-likeness (QED) is 0.909. The molecule has 1 heterocycles. The monoisotopic (exact) mass is 294 g/mol. The lowest BCUT2D eigenvalue weighted by Crippen LogP contribution is -2.28. The molecule has 2 rings (SSSR count). The van der Waals surface area contributed by atoms with Crippen LogP contribution in [0.25, 0.3) is 0 Å². The van der Waals surface area contributed by atoms with Crippen LogP contribution in [0, 0.1) is 0 Å². The first-order valence-electron chi connectivity index (χ1n) is 5.56. The molecule has 1 atom stereocenters.